The number of aryl methyl sites for hydroxylation is 2. The molecule has 0 spiro atoms. The van der Waals surface area contributed by atoms with E-state index in [4.69, 9.17) is 4.98 Å². The third kappa shape index (κ3) is 3.43. The fourth-order valence-corrected chi connectivity index (χ4v) is 3.18. The molecule has 1 N–H and O–H groups in total. The van der Waals surface area contributed by atoms with Gasteiger partial charge >= 0.3 is 0 Å². The summed E-state index contributed by atoms with van der Waals surface area (Å²) < 4.78 is 0. The molecule has 0 aliphatic carbocycles. The van der Waals surface area contributed by atoms with E-state index in [1.165, 1.54) is 16.0 Å². The second kappa shape index (κ2) is 6.31. The molecule has 102 valence electrons. The van der Waals surface area contributed by atoms with Crippen LogP contribution in [0.2, 0.25) is 0 Å². The minimum atomic E-state index is 0.386. The molecule has 0 aliphatic rings. The van der Waals surface area contributed by atoms with E-state index in [1.54, 1.807) is 11.3 Å². The van der Waals surface area contributed by atoms with E-state index in [1.807, 2.05) is 0 Å². The zero-order valence-electron chi connectivity index (χ0n) is 12.2. The Morgan fingerprint density at radius 3 is 2.53 bits per heavy atom. The molecule has 2 aromatic rings. The van der Waals surface area contributed by atoms with Crippen molar-refractivity contribution in [2.24, 2.45) is 0 Å². The van der Waals surface area contributed by atoms with Gasteiger partial charge in [0.25, 0.3) is 0 Å². The van der Waals surface area contributed by atoms with Crippen LogP contribution >= 0.6 is 11.3 Å². The monoisotopic (exact) mass is 274 g/mol. The van der Waals surface area contributed by atoms with Gasteiger partial charge in [-0.05, 0) is 33.7 Å². The molecule has 0 saturated heterocycles. The number of benzene rings is 1. The van der Waals surface area contributed by atoms with Gasteiger partial charge in [-0.3, -0.25) is 0 Å². The predicted molar refractivity (Wildman–Crippen MR) is 83.7 cm³/mol. The van der Waals surface area contributed by atoms with Crippen LogP contribution in [-0.4, -0.2) is 11.5 Å². The minimum Gasteiger partial charge on any atom is -0.309 e. The molecule has 1 aromatic heterocycles. The van der Waals surface area contributed by atoms with Crippen molar-refractivity contribution in [3.63, 3.8) is 0 Å². The maximum absolute atomic E-state index is 4.72. The molecule has 3 heteroatoms. The lowest BCUT2D eigenvalue weighted by Crippen LogP contribution is -2.18. The average Bonchev–Trinajstić information content (AvgIpc) is 2.79. The van der Waals surface area contributed by atoms with Gasteiger partial charge in [0.05, 0.1) is 5.69 Å². The molecule has 0 amide bonds. The summed E-state index contributed by atoms with van der Waals surface area (Å²) in [6.07, 6.45) is 1.16. The molecule has 0 bridgehead atoms. The number of nitrogens with zero attached hydrogens (tertiary/aromatic N) is 1. The van der Waals surface area contributed by atoms with Gasteiger partial charge in [0.15, 0.2) is 0 Å². The van der Waals surface area contributed by atoms with Gasteiger partial charge in [-0.2, -0.15) is 0 Å². The highest BCUT2D eigenvalue weighted by atomic mass is 32.1. The van der Waals surface area contributed by atoms with Crippen LogP contribution in [0, 0.1) is 13.8 Å². The zero-order chi connectivity index (χ0) is 13.8. The van der Waals surface area contributed by atoms with E-state index in [2.05, 4.69) is 57.3 Å². The number of rotatable bonds is 5. The molecule has 1 aromatic carbocycles. The van der Waals surface area contributed by atoms with Crippen LogP contribution in [-0.2, 0) is 0 Å². The number of aromatic nitrogens is 1. The van der Waals surface area contributed by atoms with Crippen molar-refractivity contribution in [2.75, 3.05) is 6.54 Å². The normalized spacial score (nSPS) is 12.6. The maximum atomic E-state index is 4.72. The SMILES string of the molecule is CCCNC(C)c1sc(-c2ccc(C)cc2)nc1C. The molecule has 2 nitrogen and oxygen atoms in total. The number of nitrogens with one attached hydrogen (secondary N) is 1. The molecule has 0 aliphatic heterocycles. The molecule has 0 radical (unpaired) electrons. The Morgan fingerprint density at radius 1 is 1.21 bits per heavy atom. The van der Waals surface area contributed by atoms with Gasteiger partial charge in [-0.15, -0.1) is 11.3 Å². The first kappa shape index (κ1) is 14.2. The summed E-state index contributed by atoms with van der Waals surface area (Å²) in [5.41, 5.74) is 3.65. The molecule has 19 heavy (non-hydrogen) atoms. The Morgan fingerprint density at radius 2 is 1.89 bits per heavy atom. The maximum Gasteiger partial charge on any atom is 0.123 e. The van der Waals surface area contributed by atoms with Gasteiger partial charge in [-0.25, -0.2) is 4.98 Å². The molecule has 1 unspecified atom stereocenters. The van der Waals surface area contributed by atoms with Gasteiger partial charge in [0, 0.05) is 16.5 Å². The fourth-order valence-electron chi connectivity index (χ4n) is 2.08. The smallest absolute Gasteiger partial charge is 0.123 e. The molecule has 2 rings (SSSR count). The van der Waals surface area contributed by atoms with Crippen LogP contribution in [0.15, 0.2) is 24.3 Å². The third-order valence-corrected chi connectivity index (χ3v) is 4.61. The summed E-state index contributed by atoms with van der Waals surface area (Å²) in [6.45, 7) is 9.68. The van der Waals surface area contributed by atoms with Crippen molar-refractivity contribution < 1.29 is 0 Å². The lowest BCUT2D eigenvalue weighted by Gasteiger charge is -2.11. The Balaban J connectivity index is 2.23. The second-order valence-electron chi connectivity index (χ2n) is 5.01. The van der Waals surface area contributed by atoms with Crippen LogP contribution in [0.25, 0.3) is 10.6 Å². The van der Waals surface area contributed by atoms with E-state index >= 15 is 0 Å². The Labute approximate surface area is 119 Å². The first-order valence-corrected chi connectivity index (χ1v) is 7.71. The van der Waals surface area contributed by atoms with Crippen LogP contribution in [0.5, 0.6) is 0 Å². The lowest BCUT2D eigenvalue weighted by atomic mass is 10.2. The van der Waals surface area contributed by atoms with Crippen LogP contribution in [0.1, 0.15) is 42.4 Å². The summed E-state index contributed by atoms with van der Waals surface area (Å²) >= 11 is 1.80. The van der Waals surface area contributed by atoms with Crippen molar-refractivity contribution in [1.29, 1.82) is 0 Å². The van der Waals surface area contributed by atoms with E-state index < -0.39 is 0 Å². The third-order valence-electron chi connectivity index (χ3n) is 3.22. The quantitative estimate of drug-likeness (QED) is 0.869. The summed E-state index contributed by atoms with van der Waals surface area (Å²) in [6, 6.07) is 8.98. The summed E-state index contributed by atoms with van der Waals surface area (Å²) in [5, 5.41) is 4.66. The summed E-state index contributed by atoms with van der Waals surface area (Å²) in [4.78, 5) is 6.07. The van der Waals surface area contributed by atoms with Gasteiger partial charge in [0.2, 0.25) is 0 Å². The highest BCUT2D eigenvalue weighted by molar-refractivity contribution is 7.15. The van der Waals surface area contributed by atoms with Crippen molar-refractivity contribution in [2.45, 2.75) is 40.2 Å². The lowest BCUT2D eigenvalue weighted by molar-refractivity contribution is 0.575. The first-order valence-electron chi connectivity index (χ1n) is 6.89. The Hall–Kier alpha value is -1.19. The molecule has 0 fully saturated rings. The summed E-state index contributed by atoms with van der Waals surface area (Å²) in [7, 11) is 0. The molecular weight excluding hydrogens is 252 g/mol. The number of hydrogen-bond acceptors (Lipinski definition) is 3. The molecule has 1 atom stereocenters. The predicted octanol–water partition coefficient (Wildman–Crippen LogP) is 4.49. The van der Waals surface area contributed by atoms with Crippen molar-refractivity contribution in [1.82, 2.24) is 10.3 Å². The van der Waals surface area contributed by atoms with Crippen molar-refractivity contribution >= 4 is 11.3 Å². The van der Waals surface area contributed by atoms with E-state index in [-0.39, 0.29) is 0 Å². The van der Waals surface area contributed by atoms with E-state index in [0.29, 0.717) is 6.04 Å². The van der Waals surface area contributed by atoms with Crippen LogP contribution in [0.3, 0.4) is 0 Å². The van der Waals surface area contributed by atoms with Gasteiger partial charge < -0.3 is 5.32 Å². The fraction of sp³-hybridized carbons (Fsp3) is 0.438. The molecule has 0 saturated carbocycles. The van der Waals surface area contributed by atoms with Gasteiger partial charge in [0.1, 0.15) is 5.01 Å². The van der Waals surface area contributed by atoms with Crippen LogP contribution < -0.4 is 5.32 Å². The highest BCUT2D eigenvalue weighted by Crippen LogP contribution is 2.31. The Kier molecular flexibility index (Phi) is 4.72. The van der Waals surface area contributed by atoms with Gasteiger partial charge in [-0.1, -0.05) is 36.8 Å². The van der Waals surface area contributed by atoms with Crippen molar-refractivity contribution in [3.05, 3.63) is 40.4 Å². The zero-order valence-corrected chi connectivity index (χ0v) is 13.0. The topological polar surface area (TPSA) is 24.9 Å². The average molecular weight is 274 g/mol. The number of thiazole rings is 1. The number of hydrogen-bond donors (Lipinski definition) is 1. The molecule has 1 heterocycles. The first-order chi connectivity index (χ1) is 9.11. The van der Waals surface area contributed by atoms with E-state index in [0.717, 1.165) is 23.7 Å². The second-order valence-corrected chi connectivity index (χ2v) is 6.04. The largest absolute Gasteiger partial charge is 0.309 e. The summed E-state index contributed by atoms with van der Waals surface area (Å²) in [5.74, 6) is 0. The standard InChI is InChI=1S/C16H22N2S/c1-5-10-17-12(3)15-13(4)18-16(19-15)14-8-6-11(2)7-9-14/h6-9,12,17H,5,10H2,1-4H3. The van der Waals surface area contributed by atoms with Crippen LogP contribution in [0.4, 0.5) is 0 Å². The van der Waals surface area contributed by atoms with E-state index in [9.17, 15) is 0 Å². The minimum absolute atomic E-state index is 0.386. The van der Waals surface area contributed by atoms with Crippen molar-refractivity contribution in [3.8, 4) is 10.6 Å². The molecular formula is C16H22N2S. The Bertz CT molecular complexity index is 528. The highest BCUT2D eigenvalue weighted by Gasteiger charge is 2.14.